The van der Waals surface area contributed by atoms with Crippen molar-refractivity contribution < 1.29 is 14.3 Å². The van der Waals surface area contributed by atoms with Crippen molar-refractivity contribution in [2.24, 2.45) is 7.05 Å². The van der Waals surface area contributed by atoms with Crippen LogP contribution in [0.1, 0.15) is 10.5 Å². The molecule has 0 bridgehead atoms. The quantitative estimate of drug-likeness (QED) is 0.814. The van der Waals surface area contributed by atoms with Crippen LogP contribution in [0.2, 0.25) is 0 Å². The maximum Gasteiger partial charge on any atom is 0.356 e. The number of ether oxygens (including phenoxy) is 2. The number of aromatic nitrogens is 3. The Balaban J connectivity index is 2.29. The Morgan fingerprint density at radius 1 is 1.44 bits per heavy atom. The zero-order chi connectivity index (χ0) is 13.1. The van der Waals surface area contributed by atoms with Crippen molar-refractivity contribution in [3.05, 3.63) is 30.2 Å². The molecule has 2 aromatic heterocycles. The lowest BCUT2D eigenvalue weighted by Gasteiger charge is -2.06. The van der Waals surface area contributed by atoms with Crippen LogP contribution in [0.15, 0.2) is 24.5 Å². The number of methoxy groups -OCH3 is 1. The van der Waals surface area contributed by atoms with E-state index in [0.717, 1.165) is 0 Å². The molecule has 2 aromatic rings. The van der Waals surface area contributed by atoms with Crippen LogP contribution in [0.5, 0.6) is 11.6 Å². The number of carbonyl (C=O) groups is 1. The first-order valence-electron chi connectivity index (χ1n) is 5.11. The number of nitrogens with zero attached hydrogens (tertiary/aromatic N) is 3. The van der Waals surface area contributed by atoms with Crippen molar-refractivity contribution in [3.8, 4) is 11.6 Å². The van der Waals surface area contributed by atoms with E-state index in [0.29, 0.717) is 11.4 Å². The minimum Gasteiger partial charge on any atom is -0.464 e. The van der Waals surface area contributed by atoms with Gasteiger partial charge in [0, 0.05) is 7.05 Å². The van der Waals surface area contributed by atoms with Gasteiger partial charge in [-0.3, -0.25) is 4.68 Å². The number of hydrogen-bond donors (Lipinski definition) is 1. The Morgan fingerprint density at radius 3 is 2.83 bits per heavy atom. The molecule has 0 atom stereocenters. The molecule has 18 heavy (non-hydrogen) atoms. The Bertz CT molecular complexity index is 579. The van der Waals surface area contributed by atoms with Gasteiger partial charge in [0.2, 0.25) is 5.88 Å². The van der Waals surface area contributed by atoms with Gasteiger partial charge in [-0.15, -0.1) is 0 Å². The molecule has 0 aliphatic carbocycles. The first kappa shape index (κ1) is 11.9. The molecule has 0 aromatic carbocycles. The van der Waals surface area contributed by atoms with E-state index < -0.39 is 5.97 Å². The van der Waals surface area contributed by atoms with Crippen LogP contribution < -0.4 is 10.5 Å². The largest absolute Gasteiger partial charge is 0.464 e. The third kappa shape index (κ3) is 2.40. The number of carbonyl (C=O) groups excluding carboxylic acids is 1. The third-order valence-electron chi connectivity index (χ3n) is 2.18. The molecule has 7 heteroatoms. The predicted octanol–water partition coefficient (Wildman–Crippen LogP) is 0.976. The average Bonchev–Trinajstić information content (AvgIpc) is 2.76. The molecule has 0 fully saturated rings. The van der Waals surface area contributed by atoms with Crippen molar-refractivity contribution in [3.63, 3.8) is 0 Å². The van der Waals surface area contributed by atoms with Crippen LogP contribution in [0, 0.1) is 0 Å². The van der Waals surface area contributed by atoms with E-state index in [2.05, 4.69) is 14.8 Å². The first-order chi connectivity index (χ1) is 8.60. The smallest absolute Gasteiger partial charge is 0.356 e. The van der Waals surface area contributed by atoms with Crippen molar-refractivity contribution in [1.29, 1.82) is 0 Å². The number of hydrogen-bond acceptors (Lipinski definition) is 6. The summed E-state index contributed by atoms with van der Waals surface area (Å²) in [4.78, 5) is 15.3. The van der Waals surface area contributed by atoms with Crippen molar-refractivity contribution in [2.45, 2.75) is 0 Å². The molecule has 2 rings (SSSR count). The minimum absolute atomic E-state index is 0.130. The highest BCUT2D eigenvalue weighted by Gasteiger charge is 2.12. The number of aryl methyl sites for hydroxylation is 1. The first-order valence-corrected chi connectivity index (χ1v) is 5.11. The van der Waals surface area contributed by atoms with Gasteiger partial charge in [-0.25, -0.2) is 9.78 Å². The lowest BCUT2D eigenvalue weighted by molar-refractivity contribution is 0.0593. The molecule has 0 radical (unpaired) electrons. The summed E-state index contributed by atoms with van der Waals surface area (Å²) in [7, 11) is 3.04. The average molecular weight is 248 g/mol. The molecule has 7 nitrogen and oxygen atoms in total. The van der Waals surface area contributed by atoms with E-state index in [-0.39, 0.29) is 11.6 Å². The van der Waals surface area contributed by atoms with Gasteiger partial charge in [-0.1, -0.05) is 0 Å². The third-order valence-corrected chi connectivity index (χ3v) is 2.18. The second kappa shape index (κ2) is 4.74. The Morgan fingerprint density at radius 2 is 2.22 bits per heavy atom. The van der Waals surface area contributed by atoms with E-state index >= 15 is 0 Å². The van der Waals surface area contributed by atoms with Crippen LogP contribution in [-0.4, -0.2) is 27.8 Å². The van der Waals surface area contributed by atoms with Gasteiger partial charge in [0.25, 0.3) is 0 Å². The summed E-state index contributed by atoms with van der Waals surface area (Å²) >= 11 is 0. The molecule has 0 amide bonds. The fourth-order valence-electron chi connectivity index (χ4n) is 1.31. The number of nitrogens with two attached hydrogens (primary N) is 1. The van der Waals surface area contributed by atoms with Crippen LogP contribution >= 0.6 is 0 Å². The lowest BCUT2D eigenvalue weighted by atomic mass is 10.3. The second-order valence-electron chi connectivity index (χ2n) is 3.53. The summed E-state index contributed by atoms with van der Waals surface area (Å²) in [6.07, 6.45) is 3.18. The molecule has 0 saturated heterocycles. The SMILES string of the molecule is COC(=O)c1ccc(N)c(Oc2cnn(C)c2)n1. The highest BCUT2D eigenvalue weighted by Crippen LogP contribution is 2.24. The number of rotatable bonds is 3. The van der Waals surface area contributed by atoms with E-state index in [9.17, 15) is 4.79 Å². The van der Waals surface area contributed by atoms with Crippen LogP contribution in [0.25, 0.3) is 0 Å². The Hall–Kier alpha value is -2.57. The fraction of sp³-hybridized carbons (Fsp3) is 0.182. The number of esters is 1. The zero-order valence-electron chi connectivity index (χ0n) is 9.95. The molecule has 94 valence electrons. The monoisotopic (exact) mass is 248 g/mol. The van der Waals surface area contributed by atoms with Gasteiger partial charge in [-0.05, 0) is 12.1 Å². The van der Waals surface area contributed by atoms with Gasteiger partial charge in [0.05, 0.1) is 25.2 Å². The minimum atomic E-state index is -0.550. The van der Waals surface area contributed by atoms with Crippen LogP contribution in [-0.2, 0) is 11.8 Å². The van der Waals surface area contributed by atoms with Crippen molar-refractivity contribution in [1.82, 2.24) is 14.8 Å². The van der Waals surface area contributed by atoms with E-state index in [1.165, 1.54) is 25.4 Å². The summed E-state index contributed by atoms with van der Waals surface area (Å²) < 4.78 is 11.6. The second-order valence-corrected chi connectivity index (χ2v) is 3.53. The van der Waals surface area contributed by atoms with Gasteiger partial charge in [0.15, 0.2) is 11.4 Å². The molecule has 0 spiro atoms. The molecule has 2 heterocycles. The molecule has 0 saturated carbocycles. The van der Waals surface area contributed by atoms with Crippen molar-refractivity contribution in [2.75, 3.05) is 12.8 Å². The summed E-state index contributed by atoms with van der Waals surface area (Å²) in [6, 6.07) is 3.00. The Kier molecular flexibility index (Phi) is 3.13. The summed E-state index contributed by atoms with van der Waals surface area (Å²) in [5.41, 5.74) is 6.17. The normalized spacial score (nSPS) is 10.1. The van der Waals surface area contributed by atoms with Crippen LogP contribution in [0.4, 0.5) is 5.69 Å². The molecule has 0 aliphatic rings. The number of nitrogen functional groups attached to an aromatic ring is 1. The summed E-state index contributed by atoms with van der Waals surface area (Å²) in [5.74, 6) is 0.0793. The van der Waals surface area contributed by atoms with Crippen LogP contribution in [0.3, 0.4) is 0 Å². The predicted molar refractivity (Wildman–Crippen MR) is 63.3 cm³/mol. The number of anilines is 1. The lowest BCUT2D eigenvalue weighted by Crippen LogP contribution is -2.06. The maximum atomic E-state index is 11.3. The molecule has 0 aliphatic heterocycles. The van der Waals surface area contributed by atoms with Crippen molar-refractivity contribution >= 4 is 11.7 Å². The Labute approximate surface area is 103 Å². The standard InChI is InChI=1S/C11H12N4O3/c1-15-6-7(5-13-15)18-10-8(12)3-4-9(14-10)11(16)17-2/h3-6H,12H2,1-2H3. The zero-order valence-corrected chi connectivity index (χ0v) is 9.95. The summed E-state index contributed by atoms with van der Waals surface area (Å²) in [6.45, 7) is 0. The molecular weight excluding hydrogens is 236 g/mol. The van der Waals surface area contributed by atoms with E-state index in [4.69, 9.17) is 10.5 Å². The molecule has 0 unspecified atom stereocenters. The highest BCUT2D eigenvalue weighted by atomic mass is 16.5. The fourth-order valence-corrected chi connectivity index (χ4v) is 1.31. The van der Waals surface area contributed by atoms with E-state index in [1.54, 1.807) is 17.9 Å². The highest BCUT2D eigenvalue weighted by molar-refractivity contribution is 5.87. The summed E-state index contributed by atoms with van der Waals surface area (Å²) in [5, 5.41) is 3.95. The van der Waals surface area contributed by atoms with E-state index in [1.807, 2.05) is 0 Å². The molecule has 2 N–H and O–H groups in total. The van der Waals surface area contributed by atoms with Gasteiger partial charge < -0.3 is 15.2 Å². The topological polar surface area (TPSA) is 92.3 Å². The molecular formula is C11H12N4O3. The number of pyridine rings is 1. The van der Waals surface area contributed by atoms with Gasteiger partial charge in [-0.2, -0.15) is 5.10 Å². The maximum absolute atomic E-state index is 11.3. The van der Waals surface area contributed by atoms with Gasteiger partial charge >= 0.3 is 5.97 Å². The van der Waals surface area contributed by atoms with Gasteiger partial charge in [0.1, 0.15) is 0 Å².